The van der Waals surface area contributed by atoms with Gasteiger partial charge >= 0.3 is 0 Å². The lowest BCUT2D eigenvalue weighted by atomic mass is 10.2. The van der Waals surface area contributed by atoms with Crippen LogP contribution in [0.3, 0.4) is 0 Å². The van der Waals surface area contributed by atoms with Crippen LogP contribution in [0.5, 0.6) is 0 Å². The number of hydrogen-bond donors (Lipinski definition) is 2. The van der Waals surface area contributed by atoms with Gasteiger partial charge in [0.15, 0.2) is 5.76 Å². The molecular formula is C22H25N5O4S. The van der Waals surface area contributed by atoms with E-state index in [4.69, 9.17) is 4.42 Å². The third-order valence-electron chi connectivity index (χ3n) is 5.24. The Kier molecular flexibility index (Phi) is 6.54. The number of rotatable bonds is 7. The molecule has 0 unspecified atom stereocenters. The van der Waals surface area contributed by atoms with Crippen LogP contribution in [0, 0.1) is 0 Å². The van der Waals surface area contributed by atoms with E-state index in [9.17, 15) is 13.2 Å². The maximum absolute atomic E-state index is 12.8. The summed E-state index contributed by atoms with van der Waals surface area (Å²) in [7, 11) is -1.56. The predicted molar refractivity (Wildman–Crippen MR) is 121 cm³/mol. The number of nitrogens with one attached hydrogen (secondary N) is 2. The summed E-state index contributed by atoms with van der Waals surface area (Å²) in [5.74, 6) is 0.482. The molecule has 168 valence electrons. The number of nitrogens with zero attached hydrogens (tertiary/aromatic N) is 3. The lowest BCUT2D eigenvalue weighted by molar-refractivity contribution is 0.0996. The molecule has 1 aliphatic heterocycles. The van der Waals surface area contributed by atoms with Gasteiger partial charge in [-0.25, -0.2) is 13.4 Å². The Morgan fingerprint density at radius 3 is 2.59 bits per heavy atom. The van der Waals surface area contributed by atoms with Gasteiger partial charge in [0.05, 0.1) is 6.26 Å². The van der Waals surface area contributed by atoms with Crippen molar-refractivity contribution in [1.82, 2.24) is 14.2 Å². The second-order valence-electron chi connectivity index (χ2n) is 7.57. The van der Waals surface area contributed by atoms with Crippen LogP contribution < -0.4 is 10.6 Å². The SMILES string of the molecule is CN1CCN(S(=O)(=O)c2ccc(NCc3cccc(NC(=O)c4ccco4)c3)nc2)CC1. The third kappa shape index (κ3) is 5.16. The van der Waals surface area contributed by atoms with Crippen molar-refractivity contribution in [3.63, 3.8) is 0 Å². The van der Waals surface area contributed by atoms with Crippen LogP contribution >= 0.6 is 0 Å². The zero-order valence-corrected chi connectivity index (χ0v) is 18.5. The minimum atomic E-state index is -3.54. The molecule has 2 aromatic heterocycles. The lowest BCUT2D eigenvalue weighted by Crippen LogP contribution is -2.47. The number of sulfonamides is 1. The number of benzene rings is 1. The largest absolute Gasteiger partial charge is 0.459 e. The second kappa shape index (κ2) is 9.51. The minimum Gasteiger partial charge on any atom is -0.459 e. The maximum Gasteiger partial charge on any atom is 0.291 e. The number of carbonyl (C=O) groups is 1. The summed E-state index contributed by atoms with van der Waals surface area (Å²) in [5.41, 5.74) is 1.57. The van der Waals surface area contributed by atoms with Crippen LogP contribution in [0.15, 0.2) is 70.3 Å². The Morgan fingerprint density at radius 1 is 1.09 bits per heavy atom. The third-order valence-corrected chi connectivity index (χ3v) is 7.12. The molecule has 0 radical (unpaired) electrons. The van der Waals surface area contributed by atoms with Crippen LogP contribution in [-0.2, 0) is 16.6 Å². The van der Waals surface area contributed by atoms with Crippen molar-refractivity contribution in [2.75, 3.05) is 43.9 Å². The monoisotopic (exact) mass is 455 g/mol. The highest BCUT2D eigenvalue weighted by molar-refractivity contribution is 7.89. The first-order valence-electron chi connectivity index (χ1n) is 10.2. The highest BCUT2D eigenvalue weighted by Gasteiger charge is 2.27. The van der Waals surface area contributed by atoms with Gasteiger partial charge in [-0.1, -0.05) is 12.1 Å². The molecule has 0 atom stereocenters. The fourth-order valence-corrected chi connectivity index (χ4v) is 4.74. The molecule has 1 aromatic carbocycles. The van der Waals surface area contributed by atoms with E-state index in [1.807, 2.05) is 25.2 Å². The molecule has 3 aromatic rings. The number of aromatic nitrogens is 1. The standard InChI is InChI=1S/C22H25N5O4S/c1-26-9-11-27(12-10-26)32(29,30)19-7-8-21(24-16-19)23-15-17-4-2-5-18(14-17)25-22(28)20-6-3-13-31-20/h2-8,13-14,16H,9-12,15H2,1H3,(H,23,24)(H,25,28). The summed E-state index contributed by atoms with van der Waals surface area (Å²) in [6.45, 7) is 2.85. The van der Waals surface area contributed by atoms with Crippen LogP contribution in [-0.4, -0.2) is 61.7 Å². The average Bonchev–Trinajstić information content (AvgIpc) is 3.34. The van der Waals surface area contributed by atoms with Gasteiger partial charge in [-0.05, 0) is 49.0 Å². The van der Waals surface area contributed by atoms with E-state index in [1.165, 1.54) is 16.8 Å². The first kappa shape index (κ1) is 22.0. The Labute approximate surface area is 187 Å². The summed E-state index contributed by atoms with van der Waals surface area (Å²) in [6, 6.07) is 13.9. The van der Waals surface area contributed by atoms with Crippen LogP contribution in [0.4, 0.5) is 11.5 Å². The molecule has 0 bridgehead atoms. The van der Waals surface area contributed by atoms with Crippen molar-refractivity contribution >= 4 is 27.4 Å². The Balaban J connectivity index is 1.36. The molecule has 0 aliphatic carbocycles. The van der Waals surface area contributed by atoms with Crippen LogP contribution in [0.2, 0.25) is 0 Å². The van der Waals surface area contributed by atoms with Gasteiger partial charge in [0.25, 0.3) is 5.91 Å². The fraction of sp³-hybridized carbons (Fsp3) is 0.273. The number of furan rings is 1. The van der Waals surface area contributed by atoms with E-state index < -0.39 is 10.0 Å². The number of amides is 1. The molecule has 2 N–H and O–H groups in total. The quantitative estimate of drug-likeness (QED) is 0.563. The summed E-state index contributed by atoms with van der Waals surface area (Å²) in [4.78, 5) is 18.7. The van der Waals surface area contributed by atoms with Crippen molar-refractivity contribution < 1.29 is 17.6 Å². The van der Waals surface area contributed by atoms with E-state index in [0.29, 0.717) is 44.2 Å². The Morgan fingerprint density at radius 2 is 1.91 bits per heavy atom. The molecule has 32 heavy (non-hydrogen) atoms. The normalized spacial score (nSPS) is 15.4. The van der Waals surface area contributed by atoms with E-state index in [-0.39, 0.29) is 16.6 Å². The molecule has 10 heteroatoms. The predicted octanol–water partition coefficient (Wildman–Crippen LogP) is 2.48. The number of piperazine rings is 1. The molecular weight excluding hydrogens is 430 g/mol. The molecule has 1 aliphatic rings. The Bertz CT molecular complexity index is 1160. The van der Waals surface area contributed by atoms with Gasteiger partial charge < -0.3 is 20.0 Å². The van der Waals surface area contributed by atoms with Crippen molar-refractivity contribution in [1.29, 1.82) is 0 Å². The molecule has 9 nitrogen and oxygen atoms in total. The summed E-state index contributed by atoms with van der Waals surface area (Å²) in [5, 5.41) is 5.97. The number of anilines is 2. The van der Waals surface area contributed by atoms with Gasteiger partial charge in [-0.2, -0.15) is 4.31 Å². The van der Waals surface area contributed by atoms with Crippen molar-refractivity contribution in [2.45, 2.75) is 11.4 Å². The summed E-state index contributed by atoms with van der Waals surface area (Å²) in [6.07, 6.45) is 2.83. The molecule has 1 fully saturated rings. The van der Waals surface area contributed by atoms with Gasteiger partial charge in [-0.15, -0.1) is 0 Å². The molecule has 1 saturated heterocycles. The van der Waals surface area contributed by atoms with E-state index in [2.05, 4.69) is 20.5 Å². The van der Waals surface area contributed by atoms with Gasteiger partial charge in [-0.3, -0.25) is 4.79 Å². The van der Waals surface area contributed by atoms with Crippen LogP contribution in [0.25, 0.3) is 0 Å². The van der Waals surface area contributed by atoms with Gasteiger partial charge in [0.1, 0.15) is 10.7 Å². The minimum absolute atomic E-state index is 0.190. The summed E-state index contributed by atoms with van der Waals surface area (Å²) < 4.78 is 32.2. The summed E-state index contributed by atoms with van der Waals surface area (Å²) >= 11 is 0. The highest BCUT2D eigenvalue weighted by atomic mass is 32.2. The van der Waals surface area contributed by atoms with E-state index in [0.717, 1.165) is 5.56 Å². The molecule has 1 amide bonds. The molecule has 0 spiro atoms. The van der Waals surface area contributed by atoms with Crippen molar-refractivity contribution in [3.8, 4) is 0 Å². The maximum atomic E-state index is 12.8. The van der Waals surface area contributed by atoms with Crippen LogP contribution in [0.1, 0.15) is 16.1 Å². The topological polar surface area (TPSA) is 108 Å². The van der Waals surface area contributed by atoms with Gasteiger partial charge in [0.2, 0.25) is 10.0 Å². The van der Waals surface area contributed by atoms with Gasteiger partial charge in [0, 0.05) is 44.6 Å². The van der Waals surface area contributed by atoms with E-state index >= 15 is 0 Å². The van der Waals surface area contributed by atoms with Crippen molar-refractivity contribution in [3.05, 3.63) is 72.3 Å². The number of carbonyl (C=O) groups excluding carboxylic acids is 1. The highest BCUT2D eigenvalue weighted by Crippen LogP contribution is 2.19. The second-order valence-corrected chi connectivity index (χ2v) is 9.51. The molecule has 4 rings (SSSR count). The first-order chi connectivity index (χ1) is 15.4. The number of hydrogen-bond acceptors (Lipinski definition) is 7. The number of likely N-dealkylation sites (N-methyl/N-ethyl adjacent to an activating group) is 1. The number of pyridine rings is 1. The fourth-order valence-electron chi connectivity index (χ4n) is 3.37. The first-order valence-corrected chi connectivity index (χ1v) is 11.7. The zero-order valence-electron chi connectivity index (χ0n) is 17.7. The van der Waals surface area contributed by atoms with Crippen molar-refractivity contribution in [2.24, 2.45) is 0 Å². The smallest absolute Gasteiger partial charge is 0.291 e. The lowest BCUT2D eigenvalue weighted by Gasteiger charge is -2.31. The Hall–Kier alpha value is -3.21. The van der Waals surface area contributed by atoms with E-state index in [1.54, 1.807) is 30.3 Å². The molecule has 3 heterocycles. The zero-order chi connectivity index (χ0) is 22.6. The molecule has 0 saturated carbocycles. The average molecular weight is 456 g/mol.